The van der Waals surface area contributed by atoms with Crippen LogP contribution in [0.2, 0.25) is 0 Å². The molecule has 0 spiro atoms. The standard InChI is InChI=1S/C26H27N3O4/c1-28(2)24-13-12-17(15-27-24)14-23(25(30)31)29(3)26(32)33-16-22-20-10-6-4-8-18(20)19-9-5-7-11-21(19)22/h4-13,15,22-23H,14,16H2,1-3H3,(H,30,31). The summed E-state index contributed by atoms with van der Waals surface area (Å²) in [7, 11) is 5.22. The third kappa shape index (κ3) is 4.53. The maximum Gasteiger partial charge on any atom is 0.410 e. The van der Waals surface area contributed by atoms with Gasteiger partial charge in [-0.25, -0.2) is 14.6 Å². The number of hydrogen-bond donors (Lipinski definition) is 1. The second-order valence-corrected chi connectivity index (χ2v) is 8.39. The van der Waals surface area contributed by atoms with Crippen molar-refractivity contribution in [3.8, 4) is 11.1 Å². The Labute approximate surface area is 193 Å². The maximum atomic E-state index is 12.8. The van der Waals surface area contributed by atoms with Gasteiger partial charge in [-0.05, 0) is 33.9 Å². The molecule has 2 aromatic carbocycles. The molecule has 0 saturated heterocycles. The Morgan fingerprint density at radius 3 is 2.09 bits per heavy atom. The van der Waals surface area contributed by atoms with Gasteiger partial charge in [0.05, 0.1) is 0 Å². The number of hydrogen-bond acceptors (Lipinski definition) is 5. The summed E-state index contributed by atoms with van der Waals surface area (Å²) in [5.41, 5.74) is 5.22. The van der Waals surface area contributed by atoms with Crippen LogP contribution in [0.5, 0.6) is 0 Å². The van der Waals surface area contributed by atoms with Gasteiger partial charge in [-0.2, -0.15) is 0 Å². The van der Waals surface area contributed by atoms with Gasteiger partial charge in [0.1, 0.15) is 18.5 Å². The molecular formula is C26H27N3O4. The number of fused-ring (bicyclic) bond motifs is 3. The third-order valence-electron chi connectivity index (χ3n) is 6.07. The molecule has 0 bridgehead atoms. The summed E-state index contributed by atoms with van der Waals surface area (Å²) < 4.78 is 5.62. The molecule has 3 aromatic rings. The van der Waals surface area contributed by atoms with Crippen LogP contribution in [0.1, 0.15) is 22.6 Å². The second kappa shape index (κ2) is 9.32. The van der Waals surface area contributed by atoms with Crippen molar-refractivity contribution < 1.29 is 19.4 Å². The van der Waals surface area contributed by atoms with Crippen LogP contribution in [-0.4, -0.2) is 60.8 Å². The van der Waals surface area contributed by atoms with Crippen molar-refractivity contribution in [3.05, 3.63) is 83.6 Å². The minimum Gasteiger partial charge on any atom is -0.480 e. The number of rotatable bonds is 7. The molecule has 1 heterocycles. The molecule has 1 aliphatic carbocycles. The van der Waals surface area contributed by atoms with Gasteiger partial charge in [-0.15, -0.1) is 0 Å². The number of likely N-dealkylation sites (N-methyl/N-ethyl adjacent to an activating group) is 1. The summed E-state index contributed by atoms with van der Waals surface area (Å²) in [6.07, 6.45) is 1.11. The number of amides is 1. The summed E-state index contributed by atoms with van der Waals surface area (Å²) >= 11 is 0. The van der Waals surface area contributed by atoms with Gasteiger partial charge in [-0.1, -0.05) is 54.6 Å². The van der Waals surface area contributed by atoms with Crippen LogP contribution in [0.3, 0.4) is 0 Å². The maximum absolute atomic E-state index is 12.8. The Morgan fingerprint density at radius 2 is 1.58 bits per heavy atom. The Hall–Kier alpha value is -3.87. The minimum atomic E-state index is -1.09. The largest absolute Gasteiger partial charge is 0.480 e. The highest BCUT2D eigenvalue weighted by molar-refractivity contribution is 5.81. The smallest absolute Gasteiger partial charge is 0.410 e. The molecule has 1 atom stereocenters. The van der Waals surface area contributed by atoms with Crippen LogP contribution in [-0.2, 0) is 16.0 Å². The van der Waals surface area contributed by atoms with Gasteiger partial charge in [-0.3, -0.25) is 4.90 Å². The first-order valence-corrected chi connectivity index (χ1v) is 10.8. The highest BCUT2D eigenvalue weighted by atomic mass is 16.6. The Balaban J connectivity index is 1.45. The van der Waals surface area contributed by atoms with E-state index in [9.17, 15) is 14.7 Å². The molecule has 1 aromatic heterocycles. The first-order valence-electron chi connectivity index (χ1n) is 10.8. The van der Waals surface area contributed by atoms with E-state index in [1.807, 2.05) is 67.5 Å². The van der Waals surface area contributed by atoms with Crippen LogP contribution in [0.25, 0.3) is 11.1 Å². The molecular weight excluding hydrogens is 418 g/mol. The Bertz CT molecular complexity index is 1110. The van der Waals surface area contributed by atoms with Crippen molar-refractivity contribution in [1.82, 2.24) is 9.88 Å². The predicted octanol–water partition coefficient (Wildman–Crippen LogP) is 4.02. The van der Waals surface area contributed by atoms with Gasteiger partial charge in [0.2, 0.25) is 0 Å². The monoisotopic (exact) mass is 445 g/mol. The number of benzene rings is 2. The summed E-state index contributed by atoms with van der Waals surface area (Å²) in [5, 5.41) is 9.76. The molecule has 0 aliphatic heterocycles. The zero-order valence-corrected chi connectivity index (χ0v) is 18.9. The fourth-order valence-corrected chi connectivity index (χ4v) is 4.24. The number of carboxylic acids is 1. The molecule has 7 nitrogen and oxygen atoms in total. The quantitative estimate of drug-likeness (QED) is 0.591. The Morgan fingerprint density at radius 1 is 0.970 bits per heavy atom. The molecule has 1 amide bonds. The average molecular weight is 446 g/mol. The summed E-state index contributed by atoms with van der Waals surface area (Å²) in [6, 6.07) is 18.7. The third-order valence-corrected chi connectivity index (χ3v) is 6.07. The van der Waals surface area contributed by atoms with E-state index in [4.69, 9.17) is 4.74 Å². The molecule has 4 rings (SSSR count). The van der Waals surface area contributed by atoms with Crippen LogP contribution in [0.15, 0.2) is 66.9 Å². The highest BCUT2D eigenvalue weighted by Gasteiger charge is 2.32. The first-order chi connectivity index (χ1) is 15.9. The number of anilines is 1. The van der Waals surface area contributed by atoms with E-state index < -0.39 is 18.1 Å². The molecule has 0 fully saturated rings. The van der Waals surface area contributed by atoms with Gasteiger partial charge in [0.25, 0.3) is 0 Å². The number of ether oxygens (including phenoxy) is 1. The number of carbonyl (C=O) groups excluding carboxylic acids is 1. The van der Waals surface area contributed by atoms with Crippen LogP contribution >= 0.6 is 0 Å². The van der Waals surface area contributed by atoms with Crippen molar-refractivity contribution >= 4 is 17.9 Å². The molecule has 7 heteroatoms. The Kier molecular flexibility index (Phi) is 6.31. The van der Waals surface area contributed by atoms with E-state index >= 15 is 0 Å². The van der Waals surface area contributed by atoms with Gasteiger partial charge >= 0.3 is 12.1 Å². The minimum absolute atomic E-state index is 0.0826. The number of nitrogens with zero attached hydrogens (tertiary/aromatic N) is 3. The number of aromatic nitrogens is 1. The van der Waals surface area contributed by atoms with E-state index in [1.54, 1.807) is 6.20 Å². The molecule has 170 valence electrons. The highest BCUT2D eigenvalue weighted by Crippen LogP contribution is 2.44. The van der Waals surface area contributed by atoms with Gasteiger partial charge in [0, 0.05) is 39.7 Å². The molecule has 0 radical (unpaired) electrons. The predicted molar refractivity (Wildman–Crippen MR) is 127 cm³/mol. The number of carbonyl (C=O) groups is 2. The first kappa shape index (κ1) is 22.3. The summed E-state index contributed by atoms with van der Waals surface area (Å²) in [5.74, 6) is -0.404. The van der Waals surface area contributed by atoms with E-state index in [2.05, 4.69) is 17.1 Å². The molecule has 1 aliphatic rings. The van der Waals surface area contributed by atoms with Crippen LogP contribution in [0.4, 0.5) is 10.6 Å². The lowest BCUT2D eigenvalue weighted by Gasteiger charge is -2.25. The number of carboxylic acid groups (broad SMARTS) is 1. The molecule has 0 saturated carbocycles. The SMILES string of the molecule is CN(C)c1ccc(CC(C(=O)O)N(C)C(=O)OCC2c3ccccc3-c3ccccc32)cn1. The zero-order valence-electron chi connectivity index (χ0n) is 18.9. The molecule has 1 N–H and O–H groups in total. The fraction of sp³-hybridized carbons (Fsp3) is 0.269. The normalized spacial score (nSPS) is 13.1. The molecule has 1 unspecified atom stereocenters. The van der Waals surface area contributed by atoms with E-state index in [1.165, 1.54) is 7.05 Å². The topological polar surface area (TPSA) is 83.0 Å². The zero-order chi connectivity index (χ0) is 23.5. The number of pyridine rings is 1. The van der Waals surface area contributed by atoms with Crippen molar-refractivity contribution in [1.29, 1.82) is 0 Å². The molecule has 33 heavy (non-hydrogen) atoms. The fourth-order valence-electron chi connectivity index (χ4n) is 4.24. The average Bonchev–Trinajstić information content (AvgIpc) is 3.14. The van der Waals surface area contributed by atoms with Crippen molar-refractivity contribution in [2.24, 2.45) is 0 Å². The van der Waals surface area contributed by atoms with E-state index in [0.717, 1.165) is 38.5 Å². The van der Waals surface area contributed by atoms with Crippen molar-refractivity contribution in [2.75, 3.05) is 32.6 Å². The lowest BCUT2D eigenvalue weighted by Crippen LogP contribution is -2.44. The summed E-state index contributed by atoms with van der Waals surface area (Å²) in [4.78, 5) is 32.1. The van der Waals surface area contributed by atoms with Crippen LogP contribution in [0, 0.1) is 0 Å². The lowest BCUT2D eigenvalue weighted by molar-refractivity contribution is -0.142. The van der Waals surface area contributed by atoms with E-state index in [0.29, 0.717) is 0 Å². The van der Waals surface area contributed by atoms with Gasteiger partial charge < -0.3 is 14.7 Å². The van der Waals surface area contributed by atoms with E-state index in [-0.39, 0.29) is 18.9 Å². The van der Waals surface area contributed by atoms with Gasteiger partial charge in [0.15, 0.2) is 0 Å². The van der Waals surface area contributed by atoms with Crippen LogP contribution < -0.4 is 4.90 Å². The number of aliphatic carboxylic acids is 1. The van der Waals surface area contributed by atoms with Crippen molar-refractivity contribution in [2.45, 2.75) is 18.4 Å². The summed E-state index contributed by atoms with van der Waals surface area (Å²) in [6.45, 7) is 0.141. The lowest BCUT2D eigenvalue weighted by atomic mass is 9.98. The second-order valence-electron chi connectivity index (χ2n) is 8.39. The van der Waals surface area contributed by atoms with Crippen molar-refractivity contribution in [3.63, 3.8) is 0 Å².